The maximum atomic E-state index is 13.0. The Morgan fingerprint density at radius 1 is 1.38 bits per heavy atom. The Morgan fingerprint density at radius 2 is 2.24 bits per heavy atom. The highest BCUT2D eigenvalue weighted by molar-refractivity contribution is 5.90. The summed E-state index contributed by atoms with van der Waals surface area (Å²) in [7, 11) is 0. The summed E-state index contributed by atoms with van der Waals surface area (Å²) < 4.78 is 13.0. The molecule has 0 radical (unpaired) electrons. The number of carbonyl (C=O) groups is 1. The summed E-state index contributed by atoms with van der Waals surface area (Å²) in [6, 6.07) is 8.75. The van der Waals surface area contributed by atoms with Gasteiger partial charge in [-0.05, 0) is 36.2 Å². The smallest absolute Gasteiger partial charge is 0.319 e. The summed E-state index contributed by atoms with van der Waals surface area (Å²) in [5, 5.41) is 14.1. The van der Waals surface area contributed by atoms with Crippen molar-refractivity contribution in [1.82, 2.24) is 10.3 Å². The highest BCUT2D eigenvalue weighted by Gasteiger charge is 2.07. The molecule has 0 bridgehead atoms. The van der Waals surface area contributed by atoms with Crippen LogP contribution in [0.3, 0.4) is 0 Å². The molecule has 0 aliphatic rings. The van der Waals surface area contributed by atoms with Crippen LogP contribution in [0.2, 0.25) is 0 Å². The van der Waals surface area contributed by atoms with E-state index in [-0.39, 0.29) is 11.3 Å². The topological polar surface area (TPSA) is 77.8 Å². The van der Waals surface area contributed by atoms with Gasteiger partial charge in [-0.15, -0.1) is 0 Å². The predicted octanol–water partition coefficient (Wildman–Crippen LogP) is 2.46. The molecular weight excluding hydrogens is 271 g/mol. The van der Waals surface area contributed by atoms with Crippen LogP contribution >= 0.6 is 0 Å². The fourth-order valence-corrected chi connectivity index (χ4v) is 1.75. The minimum atomic E-state index is -0.519. The summed E-state index contributed by atoms with van der Waals surface area (Å²) in [6.07, 6.45) is 4.06. The Bertz CT molecular complexity index is 667. The summed E-state index contributed by atoms with van der Waals surface area (Å²) in [4.78, 5) is 15.7. The number of rotatable bonds is 4. The van der Waals surface area contributed by atoms with Gasteiger partial charge in [0, 0.05) is 18.9 Å². The minimum absolute atomic E-state index is 0.0809. The molecule has 0 aliphatic carbocycles. The number of aromatic nitrogens is 1. The zero-order valence-corrected chi connectivity index (χ0v) is 11.1. The van der Waals surface area contributed by atoms with Crippen molar-refractivity contribution >= 4 is 11.7 Å². The Morgan fingerprint density at radius 3 is 2.95 bits per heavy atom. The molecule has 6 heteroatoms. The third kappa shape index (κ3) is 4.28. The van der Waals surface area contributed by atoms with Crippen molar-refractivity contribution in [2.45, 2.75) is 6.42 Å². The van der Waals surface area contributed by atoms with Crippen molar-refractivity contribution in [3.63, 3.8) is 0 Å². The molecule has 0 spiro atoms. The second-order valence-corrected chi connectivity index (χ2v) is 4.29. The quantitative estimate of drug-likeness (QED) is 0.905. The van der Waals surface area contributed by atoms with Gasteiger partial charge in [-0.3, -0.25) is 4.98 Å². The third-order valence-corrected chi connectivity index (χ3v) is 2.77. The van der Waals surface area contributed by atoms with E-state index in [2.05, 4.69) is 15.6 Å². The van der Waals surface area contributed by atoms with E-state index in [1.165, 1.54) is 12.1 Å². The molecule has 0 atom stereocenters. The maximum absolute atomic E-state index is 13.0. The van der Waals surface area contributed by atoms with Crippen molar-refractivity contribution < 1.29 is 9.18 Å². The predicted molar refractivity (Wildman–Crippen MR) is 76.1 cm³/mol. The number of nitrogens with zero attached hydrogens (tertiary/aromatic N) is 2. The maximum Gasteiger partial charge on any atom is 0.319 e. The molecule has 0 aliphatic heterocycles. The van der Waals surface area contributed by atoms with Crippen LogP contribution in [0.4, 0.5) is 14.9 Å². The van der Waals surface area contributed by atoms with Crippen LogP contribution in [0.1, 0.15) is 11.1 Å². The van der Waals surface area contributed by atoms with Gasteiger partial charge in [-0.25, -0.2) is 9.18 Å². The van der Waals surface area contributed by atoms with E-state index in [4.69, 9.17) is 5.26 Å². The van der Waals surface area contributed by atoms with Gasteiger partial charge in [-0.1, -0.05) is 6.07 Å². The summed E-state index contributed by atoms with van der Waals surface area (Å²) in [5.74, 6) is -0.519. The van der Waals surface area contributed by atoms with Gasteiger partial charge in [0.1, 0.15) is 11.9 Å². The molecule has 0 saturated carbocycles. The molecule has 106 valence electrons. The van der Waals surface area contributed by atoms with E-state index in [0.29, 0.717) is 13.0 Å². The van der Waals surface area contributed by atoms with Crippen molar-refractivity contribution in [2.75, 3.05) is 11.9 Å². The summed E-state index contributed by atoms with van der Waals surface area (Å²) >= 11 is 0. The number of anilines is 1. The molecule has 0 fully saturated rings. The number of halogens is 1. The van der Waals surface area contributed by atoms with E-state index in [1.807, 2.05) is 18.2 Å². The van der Waals surface area contributed by atoms with Crippen LogP contribution < -0.4 is 10.6 Å². The number of urea groups is 1. The number of pyridine rings is 1. The molecule has 2 N–H and O–H groups in total. The van der Waals surface area contributed by atoms with E-state index >= 15 is 0 Å². The highest BCUT2D eigenvalue weighted by atomic mass is 19.1. The Balaban J connectivity index is 1.86. The number of nitrogens with one attached hydrogen (secondary N) is 2. The van der Waals surface area contributed by atoms with Gasteiger partial charge in [0.25, 0.3) is 0 Å². The van der Waals surface area contributed by atoms with Gasteiger partial charge in [0.15, 0.2) is 0 Å². The fourth-order valence-electron chi connectivity index (χ4n) is 1.75. The largest absolute Gasteiger partial charge is 0.338 e. The Labute approximate surface area is 121 Å². The Hall–Kier alpha value is -2.94. The number of hydrogen-bond donors (Lipinski definition) is 2. The van der Waals surface area contributed by atoms with Gasteiger partial charge in [0.2, 0.25) is 0 Å². The standard InChI is InChI=1S/C15H13FN4O/c16-13-3-4-14(12(8-13)9-17)20-15(21)19-7-5-11-2-1-6-18-10-11/h1-4,6,8,10H,5,7H2,(H2,19,20,21). The van der Waals surface area contributed by atoms with Crippen molar-refractivity contribution in [3.05, 3.63) is 59.7 Å². The van der Waals surface area contributed by atoms with Crippen LogP contribution in [0.5, 0.6) is 0 Å². The molecular formula is C15H13FN4O. The van der Waals surface area contributed by atoms with Crippen LogP contribution in [0.15, 0.2) is 42.7 Å². The number of carbonyl (C=O) groups excluding carboxylic acids is 1. The van der Waals surface area contributed by atoms with Gasteiger partial charge < -0.3 is 10.6 Å². The molecule has 21 heavy (non-hydrogen) atoms. The van der Waals surface area contributed by atoms with Crippen LogP contribution in [0.25, 0.3) is 0 Å². The number of amides is 2. The fraction of sp³-hybridized carbons (Fsp3) is 0.133. The summed E-state index contributed by atoms with van der Waals surface area (Å²) in [6.45, 7) is 0.431. The first-order chi connectivity index (χ1) is 10.2. The van der Waals surface area contributed by atoms with E-state index in [0.717, 1.165) is 11.6 Å². The van der Waals surface area contributed by atoms with Crippen LogP contribution in [-0.2, 0) is 6.42 Å². The number of hydrogen-bond acceptors (Lipinski definition) is 3. The zero-order chi connectivity index (χ0) is 15.1. The molecule has 1 heterocycles. The third-order valence-electron chi connectivity index (χ3n) is 2.77. The normalized spacial score (nSPS) is 9.71. The first-order valence-corrected chi connectivity index (χ1v) is 6.32. The lowest BCUT2D eigenvalue weighted by Crippen LogP contribution is -2.30. The average molecular weight is 284 g/mol. The molecule has 2 aromatic rings. The van der Waals surface area contributed by atoms with Crippen molar-refractivity contribution in [1.29, 1.82) is 5.26 Å². The first-order valence-electron chi connectivity index (χ1n) is 6.32. The molecule has 1 aromatic carbocycles. The van der Waals surface area contributed by atoms with E-state index in [1.54, 1.807) is 12.4 Å². The molecule has 5 nitrogen and oxygen atoms in total. The zero-order valence-electron chi connectivity index (χ0n) is 11.1. The van der Waals surface area contributed by atoms with Gasteiger partial charge >= 0.3 is 6.03 Å². The second kappa shape index (κ2) is 7.01. The lowest BCUT2D eigenvalue weighted by atomic mass is 10.2. The Kier molecular flexibility index (Phi) is 4.83. The van der Waals surface area contributed by atoms with Gasteiger partial charge in [-0.2, -0.15) is 5.26 Å². The lowest BCUT2D eigenvalue weighted by molar-refractivity contribution is 0.252. The second-order valence-electron chi connectivity index (χ2n) is 4.29. The minimum Gasteiger partial charge on any atom is -0.338 e. The molecule has 1 aromatic heterocycles. The molecule has 0 saturated heterocycles. The summed E-state index contributed by atoms with van der Waals surface area (Å²) in [5.41, 5.74) is 1.37. The van der Waals surface area contributed by atoms with Crippen molar-refractivity contribution in [2.24, 2.45) is 0 Å². The first kappa shape index (κ1) is 14.5. The number of nitriles is 1. The molecule has 2 rings (SSSR count). The highest BCUT2D eigenvalue weighted by Crippen LogP contribution is 2.15. The van der Waals surface area contributed by atoms with Gasteiger partial charge in [0.05, 0.1) is 11.3 Å². The lowest BCUT2D eigenvalue weighted by Gasteiger charge is -2.08. The van der Waals surface area contributed by atoms with Crippen LogP contribution in [0, 0.1) is 17.1 Å². The van der Waals surface area contributed by atoms with E-state index < -0.39 is 11.8 Å². The van der Waals surface area contributed by atoms with Crippen LogP contribution in [-0.4, -0.2) is 17.6 Å². The average Bonchev–Trinajstić information content (AvgIpc) is 2.50. The van der Waals surface area contributed by atoms with Crippen molar-refractivity contribution in [3.8, 4) is 6.07 Å². The SMILES string of the molecule is N#Cc1cc(F)ccc1NC(=O)NCCc1cccnc1. The molecule has 0 unspecified atom stereocenters. The monoisotopic (exact) mass is 284 g/mol. The molecule has 2 amide bonds. The van der Waals surface area contributed by atoms with E-state index in [9.17, 15) is 9.18 Å². The number of benzene rings is 1.